The predicted octanol–water partition coefficient (Wildman–Crippen LogP) is 6.35. The van der Waals surface area contributed by atoms with Crippen LogP contribution in [0.1, 0.15) is 74.6 Å². The van der Waals surface area contributed by atoms with Crippen molar-refractivity contribution in [3.63, 3.8) is 0 Å². The highest BCUT2D eigenvalue weighted by Crippen LogP contribution is 2.33. The summed E-state index contributed by atoms with van der Waals surface area (Å²) in [5.41, 5.74) is 2.64. The first kappa shape index (κ1) is 25.7. The Balaban J connectivity index is 1.59. The average molecular weight is 489 g/mol. The largest absolute Gasteiger partial charge is 0.469 e. The predicted molar refractivity (Wildman–Crippen MR) is 142 cm³/mol. The van der Waals surface area contributed by atoms with Gasteiger partial charge >= 0.3 is 5.97 Å². The first-order valence-corrected chi connectivity index (χ1v) is 12.8. The number of ether oxygens (including phenoxy) is 2. The zero-order valence-corrected chi connectivity index (χ0v) is 21.7. The second kappa shape index (κ2) is 11.1. The van der Waals surface area contributed by atoms with E-state index in [4.69, 9.17) is 9.72 Å². The lowest BCUT2D eigenvalue weighted by Gasteiger charge is -2.19. The number of rotatable bonds is 8. The van der Waals surface area contributed by atoms with Crippen LogP contribution in [0.4, 0.5) is 0 Å². The maximum Gasteiger partial charge on any atom is 0.307 e. The van der Waals surface area contributed by atoms with E-state index in [0.717, 1.165) is 34.4 Å². The Bertz CT molecular complexity index is 1220. The van der Waals surface area contributed by atoms with Crippen molar-refractivity contribution in [3.8, 4) is 11.5 Å². The first-order chi connectivity index (χ1) is 17.2. The van der Waals surface area contributed by atoms with Gasteiger partial charge in [-0.2, -0.15) is 0 Å². The second-order valence-corrected chi connectivity index (χ2v) is 10.7. The fourth-order valence-corrected chi connectivity index (χ4v) is 4.75. The lowest BCUT2D eigenvalue weighted by molar-refractivity contribution is -0.140. The Kier molecular flexibility index (Phi) is 7.92. The van der Waals surface area contributed by atoms with Crippen LogP contribution in [-0.2, 0) is 21.4 Å². The zero-order chi connectivity index (χ0) is 25.7. The van der Waals surface area contributed by atoms with E-state index in [1.54, 1.807) is 0 Å². The molecule has 0 aliphatic heterocycles. The molecule has 1 saturated carbocycles. The lowest BCUT2D eigenvalue weighted by Crippen LogP contribution is -2.27. The molecule has 0 unspecified atom stereocenters. The molecule has 190 valence electrons. The molecule has 2 aromatic carbocycles. The van der Waals surface area contributed by atoms with Crippen LogP contribution >= 0.6 is 0 Å². The molecule has 0 spiro atoms. The van der Waals surface area contributed by atoms with Crippen LogP contribution in [0.15, 0.2) is 48.5 Å². The molecule has 0 radical (unpaired) electrons. The van der Waals surface area contributed by atoms with Crippen LogP contribution in [0.5, 0.6) is 11.5 Å². The molecular formula is C30H36N2O4. The molecule has 0 atom stereocenters. The van der Waals surface area contributed by atoms with Gasteiger partial charge in [0.2, 0.25) is 0 Å². The minimum atomic E-state index is -0.357. The van der Waals surface area contributed by atoms with Crippen molar-refractivity contribution >= 4 is 22.6 Å². The maximum absolute atomic E-state index is 12.8. The van der Waals surface area contributed by atoms with Crippen molar-refractivity contribution in [2.45, 2.75) is 64.7 Å². The number of benzene rings is 2. The molecule has 1 aliphatic rings. The molecule has 3 aromatic rings. The molecule has 6 nitrogen and oxygen atoms in total. The highest BCUT2D eigenvalue weighted by Gasteiger charge is 2.20. The number of carbonyl (C=O) groups is 2. The molecular weight excluding hydrogens is 452 g/mol. The molecule has 1 N–H and O–H groups in total. The smallest absolute Gasteiger partial charge is 0.307 e. The summed E-state index contributed by atoms with van der Waals surface area (Å²) >= 11 is 0. The van der Waals surface area contributed by atoms with Crippen LogP contribution in [-0.4, -0.2) is 30.5 Å². The van der Waals surface area contributed by atoms with E-state index in [0.29, 0.717) is 11.6 Å². The summed E-state index contributed by atoms with van der Waals surface area (Å²) in [6.45, 7) is 6.79. The third kappa shape index (κ3) is 6.42. The van der Waals surface area contributed by atoms with Gasteiger partial charge in [-0.05, 0) is 59.0 Å². The van der Waals surface area contributed by atoms with E-state index < -0.39 is 0 Å². The zero-order valence-electron chi connectivity index (χ0n) is 21.7. The summed E-state index contributed by atoms with van der Waals surface area (Å²) in [6, 6.07) is 16.0. The number of hydrogen-bond acceptors (Lipinski definition) is 5. The number of methoxy groups -OCH3 is 1. The number of nitrogens with zero attached hydrogens (tertiary/aromatic N) is 1. The Morgan fingerprint density at radius 3 is 2.36 bits per heavy atom. The minimum Gasteiger partial charge on any atom is -0.469 e. The third-order valence-electron chi connectivity index (χ3n) is 6.87. The fourth-order valence-electron chi connectivity index (χ4n) is 4.75. The van der Waals surface area contributed by atoms with Gasteiger partial charge in [-0.25, -0.2) is 4.98 Å². The maximum atomic E-state index is 12.8. The number of esters is 1. The standard InChI is InChI=1S/C30H36N2O4/c1-30(2,3)22-10-13-23(14-11-22)36-24-12-9-21-18-27(29(34)31-16-15-28(33)35-4)32-26(25(21)19-24)17-20-7-5-6-8-20/h9-14,18-20H,5-8,15-17H2,1-4H3,(H,31,34). The first-order valence-electron chi connectivity index (χ1n) is 12.8. The average Bonchev–Trinajstić information content (AvgIpc) is 3.37. The number of carbonyl (C=O) groups excluding carboxylic acids is 2. The summed E-state index contributed by atoms with van der Waals surface area (Å²) < 4.78 is 10.8. The normalized spacial score (nSPS) is 14.1. The van der Waals surface area contributed by atoms with Gasteiger partial charge in [0.15, 0.2) is 0 Å². The number of nitrogens with one attached hydrogen (secondary N) is 1. The van der Waals surface area contributed by atoms with Crippen molar-refractivity contribution in [3.05, 3.63) is 65.5 Å². The van der Waals surface area contributed by atoms with Crippen molar-refractivity contribution in [1.82, 2.24) is 10.3 Å². The quantitative estimate of drug-likeness (QED) is 0.374. The van der Waals surface area contributed by atoms with Gasteiger partial charge in [-0.1, -0.05) is 64.7 Å². The Morgan fingerprint density at radius 2 is 1.69 bits per heavy atom. The molecule has 4 rings (SSSR count). The molecule has 0 saturated heterocycles. The van der Waals surface area contributed by atoms with E-state index in [9.17, 15) is 9.59 Å². The number of pyridine rings is 1. The highest BCUT2D eigenvalue weighted by atomic mass is 16.5. The van der Waals surface area contributed by atoms with Crippen molar-refractivity contribution in [2.75, 3.05) is 13.7 Å². The van der Waals surface area contributed by atoms with Gasteiger partial charge in [0.25, 0.3) is 5.91 Å². The van der Waals surface area contributed by atoms with E-state index in [1.165, 1.54) is 38.4 Å². The fraction of sp³-hybridized carbons (Fsp3) is 0.433. The number of fused-ring (bicyclic) bond motifs is 1. The summed E-state index contributed by atoms with van der Waals surface area (Å²) in [7, 11) is 1.34. The molecule has 36 heavy (non-hydrogen) atoms. The molecule has 1 heterocycles. The monoisotopic (exact) mass is 488 g/mol. The number of amides is 1. The second-order valence-electron chi connectivity index (χ2n) is 10.7. The number of aromatic nitrogens is 1. The van der Waals surface area contributed by atoms with Crippen LogP contribution in [0.2, 0.25) is 0 Å². The molecule has 1 aromatic heterocycles. The van der Waals surface area contributed by atoms with Crippen LogP contribution in [0, 0.1) is 5.92 Å². The topological polar surface area (TPSA) is 77.5 Å². The van der Waals surface area contributed by atoms with Crippen molar-refractivity contribution in [1.29, 1.82) is 0 Å². The molecule has 1 aliphatic carbocycles. The Labute approximate surface area is 213 Å². The molecule has 1 amide bonds. The number of hydrogen-bond donors (Lipinski definition) is 1. The van der Waals surface area contributed by atoms with Gasteiger partial charge in [-0.15, -0.1) is 0 Å². The van der Waals surface area contributed by atoms with Crippen LogP contribution in [0.3, 0.4) is 0 Å². The van der Waals surface area contributed by atoms with E-state index in [2.05, 4.69) is 43.0 Å². The van der Waals surface area contributed by atoms with Crippen molar-refractivity contribution in [2.24, 2.45) is 5.92 Å². The van der Waals surface area contributed by atoms with Gasteiger partial charge in [0, 0.05) is 17.6 Å². The SMILES string of the molecule is COC(=O)CCNC(=O)c1cc2ccc(Oc3ccc(C(C)(C)C)cc3)cc2c(CC2CCCC2)n1. The van der Waals surface area contributed by atoms with Gasteiger partial charge in [-0.3, -0.25) is 9.59 Å². The third-order valence-corrected chi connectivity index (χ3v) is 6.87. The summed E-state index contributed by atoms with van der Waals surface area (Å²) in [5, 5.41) is 4.74. The lowest BCUT2D eigenvalue weighted by atomic mass is 9.87. The molecule has 0 bridgehead atoms. The van der Waals surface area contributed by atoms with E-state index in [1.807, 2.05) is 36.4 Å². The minimum absolute atomic E-state index is 0.0889. The summed E-state index contributed by atoms with van der Waals surface area (Å²) in [6.07, 6.45) is 5.83. The van der Waals surface area contributed by atoms with Crippen LogP contribution in [0.25, 0.3) is 10.8 Å². The van der Waals surface area contributed by atoms with Crippen molar-refractivity contribution < 1.29 is 19.1 Å². The highest BCUT2D eigenvalue weighted by molar-refractivity contribution is 5.97. The molecule has 6 heteroatoms. The summed E-state index contributed by atoms with van der Waals surface area (Å²) in [5.74, 6) is 1.47. The Morgan fingerprint density at radius 1 is 1.00 bits per heavy atom. The van der Waals surface area contributed by atoms with Crippen LogP contribution < -0.4 is 10.1 Å². The van der Waals surface area contributed by atoms with E-state index in [-0.39, 0.29) is 30.3 Å². The molecule has 1 fully saturated rings. The van der Waals surface area contributed by atoms with E-state index >= 15 is 0 Å². The van der Waals surface area contributed by atoms with Gasteiger partial charge < -0.3 is 14.8 Å². The summed E-state index contributed by atoms with van der Waals surface area (Å²) in [4.78, 5) is 29.0. The Hall–Kier alpha value is -3.41. The van der Waals surface area contributed by atoms with Gasteiger partial charge in [0.05, 0.1) is 13.5 Å². The van der Waals surface area contributed by atoms with Gasteiger partial charge in [0.1, 0.15) is 17.2 Å².